The fourth-order valence-electron chi connectivity index (χ4n) is 2.68. The van der Waals surface area contributed by atoms with Crippen LogP contribution in [-0.4, -0.2) is 63.0 Å². The van der Waals surface area contributed by atoms with E-state index in [4.69, 9.17) is 14.2 Å². The van der Waals surface area contributed by atoms with Gasteiger partial charge >= 0.3 is 0 Å². The molecule has 1 amide bonds. The quantitative estimate of drug-likeness (QED) is 0.721. The van der Waals surface area contributed by atoms with E-state index >= 15 is 0 Å². The first-order chi connectivity index (χ1) is 8.19. The maximum atomic E-state index is 11.7. The van der Waals surface area contributed by atoms with Crippen molar-refractivity contribution in [1.29, 1.82) is 0 Å². The summed E-state index contributed by atoms with van der Waals surface area (Å²) in [5, 5.41) is 0. The van der Waals surface area contributed by atoms with Crippen LogP contribution >= 0.6 is 0 Å². The Labute approximate surface area is 102 Å². The molecule has 17 heavy (non-hydrogen) atoms. The van der Waals surface area contributed by atoms with Crippen LogP contribution in [0.2, 0.25) is 0 Å². The summed E-state index contributed by atoms with van der Waals surface area (Å²) in [5.74, 6) is 0.0728. The topological polar surface area (TPSA) is 48.0 Å². The molecule has 0 aromatic carbocycles. The largest absolute Gasteiger partial charge is 0.379 e. The van der Waals surface area contributed by atoms with Crippen LogP contribution < -0.4 is 0 Å². The van der Waals surface area contributed by atoms with Gasteiger partial charge in [0.15, 0.2) is 0 Å². The first kappa shape index (κ1) is 12.8. The van der Waals surface area contributed by atoms with Gasteiger partial charge in [0, 0.05) is 33.7 Å². The SMILES string of the molecule is COCC(=O)N1CCC2(CC1)C[C@@H](OC)CO2. The zero-order valence-corrected chi connectivity index (χ0v) is 10.6. The normalized spacial score (nSPS) is 27.6. The second-order valence-electron chi connectivity index (χ2n) is 4.87. The van der Waals surface area contributed by atoms with E-state index in [0.29, 0.717) is 6.61 Å². The number of nitrogens with zero attached hydrogens (tertiary/aromatic N) is 1. The van der Waals surface area contributed by atoms with Gasteiger partial charge in [0.05, 0.1) is 18.3 Å². The molecule has 98 valence electrons. The number of amides is 1. The van der Waals surface area contributed by atoms with Crippen LogP contribution in [0.4, 0.5) is 0 Å². The molecule has 2 heterocycles. The monoisotopic (exact) mass is 243 g/mol. The van der Waals surface area contributed by atoms with Crippen molar-refractivity contribution in [2.45, 2.75) is 31.0 Å². The van der Waals surface area contributed by atoms with Crippen molar-refractivity contribution in [2.24, 2.45) is 0 Å². The Morgan fingerprint density at radius 3 is 2.65 bits per heavy atom. The Hall–Kier alpha value is -0.650. The van der Waals surface area contributed by atoms with Crippen LogP contribution in [0, 0.1) is 0 Å². The molecule has 2 aliphatic heterocycles. The van der Waals surface area contributed by atoms with Crippen LogP contribution in [0.3, 0.4) is 0 Å². The molecule has 2 fully saturated rings. The predicted molar refractivity (Wildman–Crippen MR) is 61.8 cm³/mol. The van der Waals surface area contributed by atoms with Crippen molar-refractivity contribution in [3.05, 3.63) is 0 Å². The molecule has 5 nitrogen and oxygen atoms in total. The van der Waals surface area contributed by atoms with E-state index in [0.717, 1.165) is 32.4 Å². The van der Waals surface area contributed by atoms with Gasteiger partial charge in [-0.05, 0) is 12.8 Å². The Kier molecular flexibility index (Phi) is 4.01. The molecule has 0 bridgehead atoms. The van der Waals surface area contributed by atoms with Gasteiger partial charge in [0.25, 0.3) is 0 Å². The number of carbonyl (C=O) groups is 1. The van der Waals surface area contributed by atoms with Crippen LogP contribution in [0.1, 0.15) is 19.3 Å². The van der Waals surface area contributed by atoms with Crippen molar-refractivity contribution in [3.63, 3.8) is 0 Å². The minimum atomic E-state index is -0.0511. The number of rotatable bonds is 3. The van der Waals surface area contributed by atoms with Gasteiger partial charge in [0.1, 0.15) is 6.61 Å². The second kappa shape index (κ2) is 5.33. The van der Waals surface area contributed by atoms with Crippen molar-refractivity contribution < 1.29 is 19.0 Å². The zero-order valence-electron chi connectivity index (χ0n) is 10.6. The van der Waals surface area contributed by atoms with E-state index in [1.165, 1.54) is 0 Å². The highest BCUT2D eigenvalue weighted by Crippen LogP contribution is 2.36. The predicted octanol–water partition coefficient (Wildman–Crippen LogP) is 0.429. The number of piperidine rings is 1. The molecule has 2 rings (SSSR count). The van der Waals surface area contributed by atoms with Crippen LogP contribution in [0.5, 0.6) is 0 Å². The minimum absolute atomic E-state index is 0.0511. The third kappa shape index (κ3) is 2.78. The second-order valence-corrected chi connectivity index (χ2v) is 4.87. The summed E-state index contributed by atoms with van der Waals surface area (Å²) in [6, 6.07) is 0. The highest BCUT2D eigenvalue weighted by Gasteiger charge is 2.43. The average molecular weight is 243 g/mol. The molecule has 1 spiro atoms. The lowest BCUT2D eigenvalue weighted by molar-refractivity contribution is -0.139. The molecule has 1 atom stereocenters. The summed E-state index contributed by atoms with van der Waals surface area (Å²) in [6.45, 7) is 2.38. The Morgan fingerprint density at radius 2 is 2.12 bits per heavy atom. The first-order valence-corrected chi connectivity index (χ1v) is 6.12. The molecule has 2 aliphatic rings. The smallest absolute Gasteiger partial charge is 0.248 e. The van der Waals surface area contributed by atoms with Gasteiger partial charge in [-0.3, -0.25) is 4.79 Å². The average Bonchev–Trinajstić information content (AvgIpc) is 2.74. The lowest BCUT2D eigenvalue weighted by Crippen LogP contribution is -2.47. The molecule has 0 unspecified atom stereocenters. The Balaban J connectivity index is 1.84. The molecular weight excluding hydrogens is 222 g/mol. The highest BCUT2D eigenvalue weighted by molar-refractivity contribution is 5.77. The fourth-order valence-corrected chi connectivity index (χ4v) is 2.68. The van der Waals surface area contributed by atoms with Gasteiger partial charge in [-0.15, -0.1) is 0 Å². The Bertz CT molecular complexity index is 274. The van der Waals surface area contributed by atoms with Gasteiger partial charge in [-0.25, -0.2) is 0 Å². The van der Waals surface area contributed by atoms with Crippen LogP contribution in [0.25, 0.3) is 0 Å². The molecular formula is C12H21NO4. The van der Waals surface area contributed by atoms with E-state index in [-0.39, 0.29) is 24.2 Å². The summed E-state index contributed by atoms with van der Waals surface area (Å²) >= 11 is 0. The Morgan fingerprint density at radius 1 is 1.41 bits per heavy atom. The van der Waals surface area contributed by atoms with Crippen LogP contribution in [-0.2, 0) is 19.0 Å². The molecule has 5 heteroatoms. The summed E-state index contributed by atoms with van der Waals surface area (Å²) in [4.78, 5) is 13.5. The van der Waals surface area contributed by atoms with Crippen molar-refractivity contribution in [3.8, 4) is 0 Å². The standard InChI is InChI=1S/C12H21NO4/c1-15-9-11(14)13-5-3-12(4-6-13)7-10(16-2)8-17-12/h10H,3-9H2,1-2H3/t10-/m1/s1. The molecule has 0 aliphatic carbocycles. The van der Waals surface area contributed by atoms with Gasteiger partial charge < -0.3 is 19.1 Å². The van der Waals surface area contributed by atoms with E-state index < -0.39 is 0 Å². The molecule has 0 radical (unpaired) electrons. The zero-order chi connectivity index (χ0) is 12.3. The fraction of sp³-hybridized carbons (Fsp3) is 0.917. The number of ether oxygens (including phenoxy) is 3. The van der Waals surface area contributed by atoms with Gasteiger partial charge in [0.2, 0.25) is 5.91 Å². The number of hydrogen-bond donors (Lipinski definition) is 0. The lowest BCUT2D eigenvalue weighted by atomic mass is 9.88. The van der Waals surface area contributed by atoms with E-state index in [1.807, 2.05) is 4.90 Å². The molecule has 0 saturated carbocycles. The minimum Gasteiger partial charge on any atom is -0.379 e. The number of methoxy groups -OCH3 is 2. The molecule has 2 saturated heterocycles. The summed E-state index contributed by atoms with van der Waals surface area (Å²) in [7, 11) is 3.27. The molecule has 0 N–H and O–H groups in total. The van der Waals surface area contributed by atoms with Gasteiger partial charge in [-0.1, -0.05) is 0 Å². The number of carbonyl (C=O) groups excluding carboxylic acids is 1. The maximum Gasteiger partial charge on any atom is 0.248 e. The summed E-state index contributed by atoms with van der Waals surface area (Å²) in [5.41, 5.74) is -0.0511. The van der Waals surface area contributed by atoms with Crippen molar-refractivity contribution in [1.82, 2.24) is 4.90 Å². The molecule has 0 aromatic heterocycles. The maximum absolute atomic E-state index is 11.7. The van der Waals surface area contributed by atoms with E-state index in [1.54, 1.807) is 14.2 Å². The third-order valence-electron chi connectivity index (χ3n) is 3.80. The molecule has 0 aromatic rings. The first-order valence-electron chi connectivity index (χ1n) is 6.12. The van der Waals surface area contributed by atoms with E-state index in [2.05, 4.69) is 0 Å². The summed E-state index contributed by atoms with van der Waals surface area (Å²) < 4.78 is 16.1. The lowest BCUT2D eigenvalue weighted by Gasteiger charge is -2.38. The summed E-state index contributed by atoms with van der Waals surface area (Å²) in [6.07, 6.45) is 2.98. The number of hydrogen-bond acceptors (Lipinski definition) is 4. The van der Waals surface area contributed by atoms with Crippen LogP contribution in [0.15, 0.2) is 0 Å². The number of likely N-dealkylation sites (tertiary alicyclic amines) is 1. The third-order valence-corrected chi connectivity index (χ3v) is 3.80. The van der Waals surface area contributed by atoms with Gasteiger partial charge in [-0.2, -0.15) is 0 Å². The highest BCUT2D eigenvalue weighted by atomic mass is 16.6. The van der Waals surface area contributed by atoms with Crippen molar-refractivity contribution >= 4 is 5.91 Å². The van der Waals surface area contributed by atoms with E-state index in [9.17, 15) is 4.79 Å². The van der Waals surface area contributed by atoms with Crippen molar-refractivity contribution in [2.75, 3.05) is 40.5 Å².